The minimum Gasteiger partial charge on any atom is -0.475 e. The van der Waals surface area contributed by atoms with Gasteiger partial charge in [0.05, 0.1) is 5.69 Å². The lowest BCUT2D eigenvalue weighted by Crippen LogP contribution is -2.26. The van der Waals surface area contributed by atoms with Crippen LogP contribution in [0.4, 0.5) is 26.3 Å². The molecule has 0 saturated carbocycles. The summed E-state index contributed by atoms with van der Waals surface area (Å²) in [6.45, 7) is 5.23. The van der Waals surface area contributed by atoms with Crippen molar-refractivity contribution in [3.63, 3.8) is 0 Å². The van der Waals surface area contributed by atoms with Crippen LogP contribution in [0.5, 0.6) is 0 Å². The summed E-state index contributed by atoms with van der Waals surface area (Å²) in [6, 6.07) is 10.7. The first-order valence-electron chi connectivity index (χ1n) is 10.2. The standard InChI is InChI=1S/C17H24N4.2C2HF3O2/c1-19(2)14-16-12-18-17-8-9-20(10-11-21(16)17)13-15-6-4-3-5-7-15;2*3-2(4,5)1(6)7/h3-7,12H,8-11,13-14H2,1-2H3;2*(H,6,7). The van der Waals surface area contributed by atoms with E-state index in [-0.39, 0.29) is 0 Å². The fourth-order valence-electron chi connectivity index (χ4n) is 2.99. The average molecular weight is 512 g/mol. The molecule has 35 heavy (non-hydrogen) atoms. The molecule has 0 saturated heterocycles. The van der Waals surface area contributed by atoms with Gasteiger partial charge in [-0.3, -0.25) is 4.90 Å². The third-order valence-corrected chi connectivity index (χ3v) is 4.52. The van der Waals surface area contributed by atoms with Crippen molar-refractivity contribution in [2.24, 2.45) is 0 Å². The largest absolute Gasteiger partial charge is 0.490 e. The van der Waals surface area contributed by atoms with Crippen LogP contribution in [0, 0.1) is 0 Å². The summed E-state index contributed by atoms with van der Waals surface area (Å²) in [5.41, 5.74) is 2.72. The van der Waals surface area contributed by atoms with E-state index in [0.717, 1.165) is 39.1 Å². The zero-order valence-corrected chi connectivity index (χ0v) is 19.0. The topological polar surface area (TPSA) is 98.9 Å². The van der Waals surface area contributed by atoms with Crippen LogP contribution < -0.4 is 0 Å². The summed E-state index contributed by atoms with van der Waals surface area (Å²) < 4.78 is 65.9. The number of imidazole rings is 1. The van der Waals surface area contributed by atoms with E-state index in [1.165, 1.54) is 17.1 Å². The Hall–Kier alpha value is -3.13. The first-order valence-corrected chi connectivity index (χ1v) is 10.2. The zero-order chi connectivity index (χ0) is 26.8. The Morgan fingerprint density at radius 2 is 1.46 bits per heavy atom. The molecular weight excluding hydrogens is 486 g/mol. The summed E-state index contributed by atoms with van der Waals surface area (Å²) in [7, 11) is 4.22. The zero-order valence-electron chi connectivity index (χ0n) is 19.0. The lowest BCUT2D eigenvalue weighted by molar-refractivity contribution is -0.193. The van der Waals surface area contributed by atoms with Gasteiger partial charge >= 0.3 is 24.3 Å². The minimum atomic E-state index is -5.08. The van der Waals surface area contributed by atoms with Crippen molar-refractivity contribution in [2.45, 2.75) is 38.4 Å². The summed E-state index contributed by atoms with van der Waals surface area (Å²) in [5, 5.41) is 14.2. The number of fused-ring (bicyclic) bond motifs is 1. The highest BCUT2D eigenvalue weighted by molar-refractivity contribution is 5.73. The Kier molecular flexibility index (Phi) is 11.2. The van der Waals surface area contributed by atoms with Crippen LogP contribution in [0.2, 0.25) is 0 Å². The molecule has 0 bridgehead atoms. The number of hydrogen-bond donors (Lipinski definition) is 2. The maximum absolute atomic E-state index is 10.6. The first-order chi connectivity index (χ1) is 16.1. The molecule has 14 heteroatoms. The number of hydrogen-bond acceptors (Lipinski definition) is 5. The number of benzene rings is 1. The van der Waals surface area contributed by atoms with E-state index in [9.17, 15) is 26.3 Å². The maximum atomic E-state index is 10.6. The van der Waals surface area contributed by atoms with Gasteiger partial charge in [0.25, 0.3) is 0 Å². The van der Waals surface area contributed by atoms with Gasteiger partial charge in [0.2, 0.25) is 0 Å². The van der Waals surface area contributed by atoms with Gasteiger partial charge < -0.3 is 19.7 Å². The third kappa shape index (κ3) is 11.2. The van der Waals surface area contributed by atoms with Crippen molar-refractivity contribution in [2.75, 3.05) is 27.2 Å². The predicted octanol–water partition coefficient (Wildman–Crippen LogP) is 3.27. The van der Waals surface area contributed by atoms with Crippen LogP contribution in [0.3, 0.4) is 0 Å². The Balaban J connectivity index is 0.000000362. The molecule has 8 nitrogen and oxygen atoms in total. The van der Waals surface area contributed by atoms with E-state index in [4.69, 9.17) is 19.8 Å². The fourth-order valence-corrected chi connectivity index (χ4v) is 2.99. The van der Waals surface area contributed by atoms with E-state index in [0.29, 0.717) is 0 Å². The van der Waals surface area contributed by atoms with Crippen molar-refractivity contribution >= 4 is 11.9 Å². The van der Waals surface area contributed by atoms with E-state index in [2.05, 4.69) is 63.8 Å². The SMILES string of the molecule is CN(C)Cc1cnc2n1CCN(Cc1ccccc1)CC2.O=C(O)C(F)(F)F.O=C(O)C(F)(F)F. The molecule has 1 aliphatic heterocycles. The van der Waals surface area contributed by atoms with Gasteiger partial charge in [0, 0.05) is 45.3 Å². The van der Waals surface area contributed by atoms with Crippen molar-refractivity contribution in [3.05, 3.63) is 53.6 Å². The highest BCUT2D eigenvalue weighted by Gasteiger charge is 2.38. The number of nitrogens with zero attached hydrogens (tertiary/aromatic N) is 4. The molecule has 0 atom stereocenters. The third-order valence-electron chi connectivity index (χ3n) is 4.52. The van der Waals surface area contributed by atoms with Gasteiger partial charge in [-0.25, -0.2) is 14.6 Å². The Labute approximate surface area is 197 Å². The molecule has 3 rings (SSSR count). The normalized spacial score (nSPS) is 14.1. The molecule has 1 aromatic heterocycles. The lowest BCUT2D eigenvalue weighted by atomic mass is 10.2. The highest BCUT2D eigenvalue weighted by Crippen LogP contribution is 2.15. The maximum Gasteiger partial charge on any atom is 0.490 e. The summed E-state index contributed by atoms with van der Waals surface area (Å²) in [4.78, 5) is 27.1. The molecule has 0 amide bonds. The monoisotopic (exact) mass is 512 g/mol. The Morgan fingerprint density at radius 1 is 0.943 bits per heavy atom. The number of aromatic nitrogens is 2. The number of alkyl halides is 6. The number of carboxylic acid groups (broad SMARTS) is 2. The molecule has 0 spiro atoms. The summed E-state index contributed by atoms with van der Waals surface area (Å²) in [5.74, 6) is -4.28. The number of aliphatic carboxylic acids is 2. The van der Waals surface area contributed by atoms with Crippen molar-refractivity contribution in [1.82, 2.24) is 19.4 Å². The smallest absolute Gasteiger partial charge is 0.475 e. The van der Waals surface area contributed by atoms with Crippen LogP contribution in [0.25, 0.3) is 0 Å². The number of halogens is 6. The minimum absolute atomic E-state index is 0.964. The van der Waals surface area contributed by atoms with Crippen molar-refractivity contribution < 1.29 is 46.1 Å². The van der Waals surface area contributed by atoms with Crippen LogP contribution in [0.15, 0.2) is 36.5 Å². The Bertz CT molecular complexity index is 922. The molecule has 0 unspecified atom stereocenters. The van der Waals surface area contributed by atoms with E-state index in [1.54, 1.807) is 0 Å². The van der Waals surface area contributed by atoms with Crippen molar-refractivity contribution in [1.29, 1.82) is 0 Å². The van der Waals surface area contributed by atoms with Gasteiger partial charge in [-0.1, -0.05) is 30.3 Å². The molecule has 196 valence electrons. The quantitative estimate of drug-likeness (QED) is 0.607. The van der Waals surface area contributed by atoms with E-state index in [1.807, 2.05) is 6.20 Å². The highest BCUT2D eigenvalue weighted by atomic mass is 19.4. The van der Waals surface area contributed by atoms with Crippen LogP contribution >= 0.6 is 0 Å². The van der Waals surface area contributed by atoms with Gasteiger partial charge in [-0.05, 0) is 19.7 Å². The first kappa shape index (κ1) is 29.9. The second-order valence-corrected chi connectivity index (χ2v) is 7.67. The second kappa shape index (κ2) is 13.1. The molecule has 1 aromatic carbocycles. The van der Waals surface area contributed by atoms with Gasteiger partial charge in [-0.15, -0.1) is 0 Å². The van der Waals surface area contributed by atoms with Gasteiger partial charge in [0.15, 0.2) is 0 Å². The summed E-state index contributed by atoms with van der Waals surface area (Å²) in [6.07, 6.45) is -7.08. The molecular formula is C21H26F6N4O4. The van der Waals surface area contributed by atoms with Crippen LogP contribution in [-0.4, -0.2) is 81.0 Å². The summed E-state index contributed by atoms with van der Waals surface area (Å²) >= 11 is 0. The second-order valence-electron chi connectivity index (χ2n) is 7.67. The molecule has 2 heterocycles. The molecule has 2 N–H and O–H groups in total. The Morgan fingerprint density at radius 3 is 1.91 bits per heavy atom. The average Bonchev–Trinajstić information content (AvgIpc) is 2.99. The van der Waals surface area contributed by atoms with Crippen LogP contribution in [-0.2, 0) is 35.6 Å². The number of carbonyl (C=O) groups is 2. The molecule has 0 fully saturated rings. The molecule has 0 radical (unpaired) electrons. The van der Waals surface area contributed by atoms with Gasteiger partial charge in [-0.2, -0.15) is 26.3 Å². The lowest BCUT2D eigenvalue weighted by Gasteiger charge is -2.20. The van der Waals surface area contributed by atoms with E-state index < -0.39 is 24.3 Å². The van der Waals surface area contributed by atoms with E-state index >= 15 is 0 Å². The fraction of sp³-hybridized carbons (Fsp3) is 0.476. The van der Waals surface area contributed by atoms with Crippen LogP contribution in [0.1, 0.15) is 17.1 Å². The molecule has 1 aliphatic rings. The molecule has 0 aliphatic carbocycles. The van der Waals surface area contributed by atoms with Gasteiger partial charge in [0.1, 0.15) is 5.82 Å². The molecule has 2 aromatic rings. The van der Waals surface area contributed by atoms with Crippen molar-refractivity contribution in [3.8, 4) is 0 Å². The number of rotatable bonds is 4. The predicted molar refractivity (Wildman–Crippen MR) is 112 cm³/mol. The number of carboxylic acids is 2.